The highest BCUT2D eigenvalue weighted by atomic mass is 16.5. The van der Waals surface area contributed by atoms with Gasteiger partial charge in [0.25, 0.3) is 0 Å². The van der Waals surface area contributed by atoms with E-state index in [9.17, 15) is 9.59 Å². The van der Waals surface area contributed by atoms with Crippen molar-refractivity contribution >= 4 is 11.9 Å². The second-order valence-electron chi connectivity index (χ2n) is 5.75. The Kier molecular flexibility index (Phi) is 7.49. The number of benzene rings is 1. The molecule has 0 heterocycles. The van der Waals surface area contributed by atoms with E-state index < -0.39 is 0 Å². The van der Waals surface area contributed by atoms with Crippen molar-refractivity contribution in [2.24, 2.45) is 0 Å². The molecule has 0 N–H and O–H groups in total. The second kappa shape index (κ2) is 9.11. The van der Waals surface area contributed by atoms with Gasteiger partial charge in [0.1, 0.15) is 11.5 Å². The van der Waals surface area contributed by atoms with Crippen LogP contribution in [0, 0.1) is 13.8 Å². The van der Waals surface area contributed by atoms with Crippen LogP contribution in [0.3, 0.4) is 0 Å². The number of rotatable bonds is 7. The Morgan fingerprint density at radius 1 is 1.12 bits per heavy atom. The molecule has 0 aliphatic carbocycles. The molecule has 0 spiro atoms. The minimum absolute atomic E-state index is 0.230. The molecule has 0 saturated carbocycles. The molecule has 0 radical (unpaired) electrons. The summed E-state index contributed by atoms with van der Waals surface area (Å²) in [5.74, 6) is 0.641. The Balaban J connectivity index is 3.09. The summed E-state index contributed by atoms with van der Waals surface area (Å²) in [4.78, 5) is 22.6. The van der Waals surface area contributed by atoms with E-state index in [1.165, 1.54) is 14.0 Å². The van der Waals surface area contributed by atoms with E-state index in [4.69, 9.17) is 9.47 Å². The molecule has 0 atom stereocenters. The van der Waals surface area contributed by atoms with Gasteiger partial charge in [-0.05, 0) is 50.8 Å². The smallest absolute Gasteiger partial charge is 0.308 e. The molecule has 1 aromatic rings. The van der Waals surface area contributed by atoms with Gasteiger partial charge >= 0.3 is 11.9 Å². The number of esters is 2. The normalized spacial score (nSPS) is 11.2. The molecule has 5 nitrogen and oxygen atoms in total. The zero-order valence-corrected chi connectivity index (χ0v) is 15.3. The number of aryl methyl sites for hydroxylation is 1. The molecule has 0 fully saturated rings. The Hall–Kier alpha value is -2.30. The molecule has 0 amide bonds. The predicted molar refractivity (Wildman–Crippen MR) is 92.5 cm³/mol. The maximum Gasteiger partial charge on any atom is 0.308 e. The van der Waals surface area contributed by atoms with Gasteiger partial charge in [-0.25, -0.2) is 0 Å². The Morgan fingerprint density at radius 2 is 1.79 bits per heavy atom. The Morgan fingerprint density at radius 3 is 2.33 bits per heavy atom. The van der Waals surface area contributed by atoms with Crippen LogP contribution in [0.2, 0.25) is 0 Å². The molecule has 0 unspecified atom stereocenters. The number of hydrogen-bond acceptors (Lipinski definition) is 5. The van der Waals surface area contributed by atoms with Crippen molar-refractivity contribution in [3.8, 4) is 11.5 Å². The van der Waals surface area contributed by atoms with Gasteiger partial charge in [-0.3, -0.25) is 9.59 Å². The molecule has 0 saturated heterocycles. The third kappa shape index (κ3) is 5.41. The van der Waals surface area contributed by atoms with E-state index in [2.05, 4.69) is 4.74 Å². The van der Waals surface area contributed by atoms with Crippen LogP contribution in [0.25, 0.3) is 0 Å². The largest absolute Gasteiger partial charge is 0.496 e. The van der Waals surface area contributed by atoms with Crippen LogP contribution in [0.4, 0.5) is 0 Å². The van der Waals surface area contributed by atoms with Gasteiger partial charge in [0, 0.05) is 18.9 Å². The Labute approximate surface area is 143 Å². The molecule has 0 aromatic heterocycles. The van der Waals surface area contributed by atoms with Gasteiger partial charge < -0.3 is 14.2 Å². The molecular formula is C19H26O5. The molecule has 1 rings (SSSR count). The summed E-state index contributed by atoms with van der Waals surface area (Å²) in [6, 6.07) is 1.85. The zero-order chi connectivity index (χ0) is 18.3. The van der Waals surface area contributed by atoms with E-state index in [1.54, 1.807) is 7.11 Å². The van der Waals surface area contributed by atoms with Crippen molar-refractivity contribution in [2.45, 2.75) is 47.0 Å². The van der Waals surface area contributed by atoms with Crippen molar-refractivity contribution in [1.29, 1.82) is 0 Å². The van der Waals surface area contributed by atoms with E-state index in [0.29, 0.717) is 25.0 Å². The van der Waals surface area contributed by atoms with E-state index in [1.807, 2.05) is 32.9 Å². The van der Waals surface area contributed by atoms with Gasteiger partial charge in [0.05, 0.1) is 14.2 Å². The number of carbonyl (C=O) groups excluding carboxylic acids is 2. The first-order valence-electron chi connectivity index (χ1n) is 7.88. The molecule has 5 heteroatoms. The highest BCUT2D eigenvalue weighted by Crippen LogP contribution is 2.35. The van der Waals surface area contributed by atoms with Crippen LogP contribution in [0.15, 0.2) is 17.7 Å². The molecule has 0 bridgehead atoms. The van der Waals surface area contributed by atoms with Gasteiger partial charge in [-0.1, -0.05) is 11.6 Å². The van der Waals surface area contributed by atoms with Crippen molar-refractivity contribution in [1.82, 2.24) is 0 Å². The van der Waals surface area contributed by atoms with Gasteiger partial charge in [0.15, 0.2) is 0 Å². The standard InChI is InChI=1S/C19H26O5/c1-12(8-10-18(21)22-5)7-9-16-17(24-15(4)20)11-13(2)14(3)19(16)23-6/h7,11H,8-10H2,1-6H3/b12-7+. The molecule has 24 heavy (non-hydrogen) atoms. The molecule has 132 valence electrons. The van der Waals surface area contributed by atoms with E-state index >= 15 is 0 Å². The lowest BCUT2D eigenvalue weighted by atomic mass is 9.99. The van der Waals surface area contributed by atoms with Crippen LogP contribution >= 0.6 is 0 Å². The summed E-state index contributed by atoms with van der Waals surface area (Å²) in [5.41, 5.74) is 3.91. The van der Waals surface area contributed by atoms with Gasteiger partial charge in [0.2, 0.25) is 0 Å². The third-order valence-electron chi connectivity index (χ3n) is 3.91. The molecule has 1 aromatic carbocycles. The Bertz CT molecular complexity index is 644. The monoisotopic (exact) mass is 334 g/mol. The zero-order valence-electron chi connectivity index (χ0n) is 15.3. The summed E-state index contributed by atoms with van der Waals surface area (Å²) in [5, 5.41) is 0. The van der Waals surface area contributed by atoms with E-state index in [-0.39, 0.29) is 11.9 Å². The minimum atomic E-state index is -0.368. The summed E-state index contributed by atoms with van der Waals surface area (Å²) in [6.07, 6.45) is 3.55. The number of ether oxygens (including phenoxy) is 3. The quantitative estimate of drug-likeness (QED) is 0.432. The maximum atomic E-state index is 11.4. The number of hydrogen-bond donors (Lipinski definition) is 0. The van der Waals surface area contributed by atoms with Gasteiger partial charge in [-0.15, -0.1) is 0 Å². The fourth-order valence-electron chi connectivity index (χ4n) is 2.40. The first kappa shape index (κ1) is 19.7. The highest BCUT2D eigenvalue weighted by molar-refractivity contribution is 5.71. The fourth-order valence-corrected chi connectivity index (χ4v) is 2.40. The van der Waals surface area contributed by atoms with Crippen molar-refractivity contribution in [3.05, 3.63) is 34.4 Å². The van der Waals surface area contributed by atoms with Crippen LogP contribution in [0.1, 0.15) is 43.4 Å². The predicted octanol–water partition coefficient (Wildman–Crippen LogP) is 3.68. The van der Waals surface area contributed by atoms with Crippen molar-refractivity contribution in [2.75, 3.05) is 14.2 Å². The topological polar surface area (TPSA) is 61.8 Å². The third-order valence-corrected chi connectivity index (χ3v) is 3.91. The summed E-state index contributed by atoms with van der Waals surface area (Å²) in [6.45, 7) is 7.26. The summed E-state index contributed by atoms with van der Waals surface area (Å²) < 4.78 is 15.5. The lowest BCUT2D eigenvalue weighted by Crippen LogP contribution is -2.07. The lowest BCUT2D eigenvalue weighted by Gasteiger charge is -2.17. The number of allylic oxidation sites excluding steroid dienone is 2. The van der Waals surface area contributed by atoms with Crippen LogP contribution in [-0.4, -0.2) is 26.2 Å². The molecule has 0 aliphatic rings. The number of carbonyl (C=O) groups is 2. The van der Waals surface area contributed by atoms with Crippen LogP contribution in [-0.2, 0) is 20.7 Å². The maximum absolute atomic E-state index is 11.4. The average Bonchev–Trinajstić information content (AvgIpc) is 2.53. The van der Waals surface area contributed by atoms with Crippen LogP contribution < -0.4 is 9.47 Å². The van der Waals surface area contributed by atoms with Gasteiger partial charge in [-0.2, -0.15) is 0 Å². The second-order valence-corrected chi connectivity index (χ2v) is 5.75. The van der Waals surface area contributed by atoms with Crippen molar-refractivity contribution in [3.63, 3.8) is 0 Å². The fraction of sp³-hybridized carbons (Fsp3) is 0.474. The summed E-state index contributed by atoms with van der Waals surface area (Å²) in [7, 11) is 2.99. The summed E-state index contributed by atoms with van der Waals surface area (Å²) >= 11 is 0. The minimum Gasteiger partial charge on any atom is -0.496 e. The van der Waals surface area contributed by atoms with Crippen LogP contribution in [0.5, 0.6) is 11.5 Å². The van der Waals surface area contributed by atoms with E-state index in [0.717, 1.165) is 28.0 Å². The molecule has 0 aliphatic heterocycles. The highest BCUT2D eigenvalue weighted by Gasteiger charge is 2.16. The first-order valence-corrected chi connectivity index (χ1v) is 7.88. The first-order chi connectivity index (χ1) is 11.3. The van der Waals surface area contributed by atoms with Crippen molar-refractivity contribution < 1.29 is 23.8 Å². The molecular weight excluding hydrogens is 308 g/mol. The average molecular weight is 334 g/mol. The number of methoxy groups -OCH3 is 2. The SMILES string of the molecule is COC(=O)CC/C(C)=C/Cc1c(OC(C)=O)cc(C)c(C)c1OC. The lowest BCUT2D eigenvalue weighted by molar-refractivity contribution is -0.140.